The molecule has 0 unspecified atom stereocenters. The van der Waals surface area contributed by atoms with Crippen LogP contribution in [0.15, 0.2) is 30.6 Å². The predicted molar refractivity (Wildman–Crippen MR) is 62.0 cm³/mol. The molecule has 0 aliphatic heterocycles. The fourth-order valence-corrected chi connectivity index (χ4v) is 1.55. The quantitative estimate of drug-likeness (QED) is 0.450. The lowest BCUT2D eigenvalue weighted by atomic mass is 10.2. The first-order chi connectivity index (χ1) is 8.20. The number of carbonyl (C=O) groups is 1. The molecular formula is C11H13N5O. The zero-order valence-corrected chi connectivity index (χ0v) is 9.42. The highest BCUT2D eigenvalue weighted by molar-refractivity contribution is 5.94. The Labute approximate surface area is 98.4 Å². The van der Waals surface area contributed by atoms with Crippen LogP contribution in [0.3, 0.4) is 0 Å². The number of amides is 1. The number of nitrogens with two attached hydrogens (primary N) is 1. The van der Waals surface area contributed by atoms with Crippen molar-refractivity contribution in [3.8, 4) is 0 Å². The van der Waals surface area contributed by atoms with Crippen LogP contribution in [0.25, 0.3) is 0 Å². The highest BCUT2D eigenvalue weighted by Gasteiger charge is 2.11. The lowest BCUT2D eigenvalue weighted by Gasteiger charge is -2.06. The molecule has 17 heavy (non-hydrogen) atoms. The van der Waals surface area contributed by atoms with Gasteiger partial charge in [0, 0.05) is 12.4 Å². The summed E-state index contributed by atoms with van der Waals surface area (Å²) in [4.78, 5) is 15.7. The van der Waals surface area contributed by atoms with Crippen LogP contribution in [-0.4, -0.2) is 20.7 Å². The molecule has 0 spiro atoms. The molecule has 0 saturated carbocycles. The lowest BCUT2D eigenvalue weighted by molar-refractivity contribution is 0.0952. The van der Waals surface area contributed by atoms with Crippen LogP contribution >= 0.6 is 0 Å². The maximum atomic E-state index is 11.5. The maximum absolute atomic E-state index is 11.5. The normalized spacial score (nSPS) is 10.2. The molecule has 0 radical (unpaired) electrons. The summed E-state index contributed by atoms with van der Waals surface area (Å²) in [7, 11) is 0. The number of aromatic nitrogens is 3. The van der Waals surface area contributed by atoms with Gasteiger partial charge in [-0.15, -0.1) is 0 Å². The van der Waals surface area contributed by atoms with E-state index in [1.807, 2.05) is 19.2 Å². The molecule has 0 aromatic carbocycles. The van der Waals surface area contributed by atoms with E-state index in [-0.39, 0.29) is 5.91 Å². The number of aryl methyl sites for hydroxylation is 1. The summed E-state index contributed by atoms with van der Waals surface area (Å²) in [5.41, 5.74) is 4.12. The van der Waals surface area contributed by atoms with Crippen LogP contribution in [-0.2, 0) is 6.54 Å². The van der Waals surface area contributed by atoms with E-state index >= 15 is 0 Å². The molecule has 6 nitrogen and oxygen atoms in total. The summed E-state index contributed by atoms with van der Waals surface area (Å²) in [6, 6.07) is 5.27. The fourth-order valence-electron chi connectivity index (χ4n) is 1.55. The van der Waals surface area contributed by atoms with Gasteiger partial charge in [-0.1, -0.05) is 0 Å². The van der Waals surface area contributed by atoms with Gasteiger partial charge >= 0.3 is 0 Å². The van der Waals surface area contributed by atoms with E-state index in [4.69, 9.17) is 5.84 Å². The smallest absolute Gasteiger partial charge is 0.267 e. The number of pyridine rings is 1. The Morgan fingerprint density at radius 2 is 2.35 bits per heavy atom. The van der Waals surface area contributed by atoms with Gasteiger partial charge in [0.05, 0.1) is 23.5 Å². The minimum atomic E-state index is -0.350. The van der Waals surface area contributed by atoms with Gasteiger partial charge in [-0.05, 0) is 25.1 Å². The van der Waals surface area contributed by atoms with Crippen LogP contribution in [0.5, 0.6) is 0 Å². The second kappa shape index (κ2) is 4.75. The van der Waals surface area contributed by atoms with E-state index < -0.39 is 0 Å². The summed E-state index contributed by atoms with van der Waals surface area (Å²) < 4.78 is 1.73. The minimum absolute atomic E-state index is 0.350. The molecular weight excluding hydrogens is 218 g/mol. The van der Waals surface area contributed by atoms with Crippen LogP contribution in [0.1, 0.15) is 21.7 Å². The van der Waals surface area contributed by atoms with Crippen molar-refractivity contribution in [2.45, 2.75) is 13.5 Å². The Balaban J connectivity index is 2.29. The van der Waals surface area contributed by atoms with E-state index in [9.17, 15) is 4.79 Å². The third-order valence-corrected chi connectivity index (χ3v) is 2.35. The Morgan fingerprint density at radius 1 is 1.53 bits per heavy atom. The van der Waals surface area contributed by atoms with Gasteiger partial charge in [-0.2, -0.15) is 5.10 Å². The highest BCUT2D eigenvalue weighted by atomic mass is 16.2. The second-order valence-electron chi connectivity index (χ2n) is 3.63. The van der Waals surface area contributed by atoms with Crippen molar-refractivity contribution in [3.63, 3.8) is 0 Å². The van der Waals surface area contributed by atoms with Gasteiger partial charge in [-0.3, -0.25) is 19.9 Å². The van der Waals surface area contributed by atoms with E-state index in [1.54, 1.807) is 23.0 Å². The first kappa shape index (κ1) is 11.3. The van der Waals surface area contributed by atoms with E-state index in [2.05, 4.69) is 15.5 Å². The van der Waals surface area contributed by atoms with Crippen molar-refractivity contribution < 1.29 is 4.79 Å². The highest BCUT2D eigenvalue weighted by Crippen LogP contribution is 2.07. The molecule has 0 saturated heterocycles. The van der Waals surface area contributed by atoms with Crippen molar-refractivity contribution in [3.05, 3.63) is 47.5 Å². The number of hydrogen-bond acceptors (Lipinski definition) is 4. The molecule has 0 atom stereocenters. The van der Waals surface area contributed by atoms with Crippen LogP contribution in [0, 0.1) is 6.92 Å². The van der Waals surface area contributed by atoms with E-state index in [1.165, 1.54) is 0 Å². The average molecular weight is 231 g/mol. The van der Waals surface area contributed by atoms with Crippen LogP contribution < -0.4 is 11.3 Å². The Kier molecular flexibility index (Phi) is 3.15. The number of hydrazine groups is 1. The molecule has 0 bridgehead atoms. The number of carbonyl (C=O) groups excluding carboxylic acids is 1. The summed E-state index contributed by atoms with van der Waals surface area (Å²) in [5.74, 6) is 4.77. The topological polar surface area (TPSA) is 85.8 Å². The molecule has 6 heteroatoms. The molecule has 0 aliphatic carbocycles. The molecule has 2 heterocycles. The van der Waals surface area contributed by atoms with Gasteiger partial charge in [0.1, 0.15) is 0 Å². The Bertz CT molecular complexity index is 534. The first-order valence-electron chi connectivity index (χ1n) is 5.15. The third-order valence-electron chi connectivity index (χ3n) is 2.35. The molecule has 0 fully saturated rings. The summed E-state index contributed by atoms with van der Waals surface area (Å²) in [6.45, 7) is 2.35. The standard InChI is InChI=1S/C11H13N5O/c1-8-4-6-16(15-8)7-10-9(11(17)14-12)3-2-5-13-10/h2-6H,7,12H2,1H3,(H,14,17). The monoisotopic (exact) mass is 231 g/mol. The molecule has 1 amide bonds. The maximum Gasteiger partial charge on any atom is 0.267 e. The number of nitrogens with zero attached hydrogens (tertiary/aromatic N) is 3. The van der Waals surface area contributed by atoms with Gasteiger partial charge in [0.15, 0.2) is 0 Å². The summed E-state index contributed by atoms with van der Waals surface area (Å²) in [5, 5.41) is 4.25. The lowest BCUT2D eigenvalue weighted by Crippen LogP contribution is -2.31. The number of nitrogens with one attached hydrogen (secondary N) is 1. The van der Waals surface area contributed by atoms with Crippen LogP contribution in [0.4, 0.5) is 0 Å². The second-order valence-corrected chi connectivity index (χ2v) is 3.63. The largest absolute Gasteiger partial charge is 0.290 e. The third kappa shape index (κ3) is 2.48. The van der Waals surface area contributed by atoms with Crippen molar-refractivity contribution in [1.82, 2.24) is 20.2 Å². The molecule has 0 aliphatic rings. The van der Waals surface area contributed by atoms with Crippen molar-refractivity contribution in [1.29, 1.82) is 0 Å². The molecule has 3 N–H and O–H groups in total. The van der Waals surface area contributed by atoms with E-state index in [0.29, 0.717) is 17.8 Å². The van der Waals surface area contributed by atoms with Gasteiger partial charge < -0.3 is 0 Å². The number of rotatable bonds is 3. The first-order valence-corrected chi connectivity index (χ1v) is 5.15. The van der Waals surface area contributed by atoms with Gasteiger partial charge in [-0.25, -0.2) is 5.84 Å². The zero-order valence-electron chi connectivity index (χ0n) is 9.42. The zero-order chi connectivity index (χ0) is 12.3. The molecule has 2 aromatic heterocycles. The van der Waals surface area contributed by atoms with Crippen molar-refractivity contribution >= 4 is 5.91 Å². The molecule has 88 valence electrons. The average Bonchev–Trinajstić information content (AvgIpc) is 2.74. The van der Waals surface area contributed by atoms with Crippen LogP contribution in [0.2, 0.25) is 0 Å². The van der Waals surface area contributed by atoms with Crippen molar-refractivity contribution in [2.24, 2.45) is 5.84 Å². The fraction of sp³-hybridized carbons (Fsp3) is 0.182. The SMILES string of the molecule is Cc1ccn(Cc2ncccc2C(=O)NN)n1. The number of nitrogen functional groups attached to an aromatic ring is 1. The van der Waals surface area contributed by atoms with Gasteiger partial charge in [0.2, 0.25) is 0 Å². The predicted octanol–water partition coefficient (Wildman–Crippen LogP) is 0.238. The van der Waals surface area contributed by atoms with Crippen molar-refractivity contribution in [2.75, 3.05) is 0 Å². The minimum Gasteiger partial charge on any atom is -0.290 e. The Morgan fingerprint density at radius 3 is 3.00 bits per heavy atom. The van der Waals surface area contributed by atoms with Gasteiger partial charge in [0.25, 0.3) is 5.91 Å². The Hall–Kier alpha value is -2.21. The summed E-state index contributed by atoms with van der Waals surface area (Å²) >= 11 is 0. The molecule has 2 rings (SSSR count). The van der Waals surface area contributed by atoms with E-state index in [0.717, 1.165) is 5.69 Å². The summed E-state index contributed by atoms with van der Waals surface area (Å²) in [6.07, 6.45) is 3.48. The molecule has 2 aromatic rings. The number of hydrogen-bond donors (Lipinski definition) is 2.